The molecule has 4 rings (SSSR count). The average molecular weight is 405 g/mol. The van der Waals surface area contributed by atoms with Crippen LogP contribution in [0.25, 0.3) is 0 Å². The van der Waals surface area contributed by atoms with E-state index in [0.717, 1.165) is 42.5 Å². The summed E-state index contributed by atoms with van der Waals surface area (Å²) in [5, 5.41) is 0.617. The quantitative estimate of drug-likeness (QED) is 0.765. The van der Waals surface area contributed by atoms with E-state index in [-0.39, 0.29) is 10.8 Å². The van der Waals surface area contributed by atoms with Gasteiger partial charge in [-0.15, -0.1) is 0 Å². The molecule has 2 aromatic carbocycles. The SMILES string of the molecule is CC(=O)N1CCCc2cc(S(=O)(=O)N3CCCc4cc(Cl)ccc43)ccc21. The Kier molecular flexibility index (Phi) is 4.64. The standard InChI is InChI=1S/C20H21ClN2O3S/c1-14(24)22-10-2-4-16-13-18(7-9-19(16)22)27(25,26)23-11-3-5-15-12-17(21)6-8-20(15)23/h6-9,12-13H,2-5,10-11H2,1H3. The maximum absolute atomic E-state index is 13.3. The molecule has 0 bridgehead atoms. The first-order valence-electron chi connectivity index (χ1n) is 9.10. The number of amides is 1. The average Bonchev–Trinajstić information content (AvgIpc) is 2.66. The lowest BCUT2D eigenvalue weighted by Crippen LogP contribution is -2.36. The minimum Gasteiger partial charge on any atom is -0.312 e. The second-order valence-electron chi connectivity index (χ2n) is 7.02. The summed E-state index contributed by atoms with van der Waals surface area (Å²) in [7, 11) is -3.67. The molecule has 2 aromatic rings. The molecule has 0 aliphatic carbocycles. The van der Waals surface area contributed by atoms with Gasteiger partial charge in [0.1, 0.15) is 0 Å². The molecule has 0 atom stereocenters. The maximum Gasteiger partial charge on any atom is 0.264 e. The van der Waals surface area contributed by atoms with E-state index in [1.165, 1.54) is 11.2 Å². The number of carbonyl (C=O) groups excluding carboxylic acids is 1. The Labute approximate surface area is 164 Å². The number of anilines is 2. The fraction of sp³-hybridized carbons (Fsp3) is 0.350. The Morgan fingerprint density at radius 3 is 2.37 bits per heavy atom. The summed E-state index contributed by atoms with van der Waals surface area (Å²) in [4.78, 5) is 13.8. The molecule has 0 unspecified atom stereocenters. The summed E-state index contributed by atoms with van der Waals surface area (Å²) < 4.78 is 28.2. The van der Waals surface area contributed by atoms with Crippen molar-refractivity contribution in [3.63, 3.8) is 0 Å². The summed E-state index contributed by atoms with van der Waals surface area (Å²) in [6, 6.07) is 10.4. The molecule has 0 aromatic heterocycles. The Hall–Kier alpha value is -2.05. The molecule has 2 aliphatic rings. The second-order valence-corrected chi connectivity index (χ2v) is 9.32. The number of halogens is 1. The molecule has 27 heavy (non-hydrogen) atoms. The summed E-state index contributed by atoms with van der Waals surface area (Å²) in [5.74, 6) is -0.0200. The van der Waals surface area contributed by atoms with Crippen LogP contribution in [0.15, 0.2) is 41.3 Å². The van der Waals surface area contributed by atoms with E-state index in [1.807, 2.05) is 6.07 Å². The van der Waals surface area contributed by atoms with Crippen LogP contribution in [0, 0.1) is 0 Å². The summed E-state index contributed by atoms with van der Waals surface area (Å²) in [6.45, 7) is 2.66. The van der Waals surface area contributed by atoms with Gasteiger partial charge in [0.05, 0.1) is 10.6 Å². The minimum atomic E-state index is -3.67. The van der Waals surface area contributed by atoms with E-state index in [0.29, 0.717) is 23.8 Å². The van der Waals surface area contributed by atoms with E-state index >= 15 is 0 Å². The number of nitrogens with zero attached hydrogens (tertiary/aromatic N) is 2. The van der Waals surface area contributed by atoms with Gasteiger partial charge in [-0.25, -0.2) is 8.42 Å². The van der Waals surface area contributed by atoms with Crippen molar-refractivity contribution in [2.75, 3.05) is 22.3 Å². The maximum atomic E-state index is 13.3. The fourth-order valence-electron chi connectivity index (χ4n) is 3.97. The third kappa shape index (κ3) is 3.21. The van der Waals surface area contributed by atoms with Crippen LogP contribution in [-0.2, 0) is 27.7 Å². The highest BCUT2D eigenvalue weighted by Gasteiger charge is 2.30. The zero-order valence-corrected chi connectivity index (χ0v) is 16.7. The lowest BCUT2D eigenvalue weighted by molar-refractivity contribution is -0.116. The summed E-state index contributed by atoms with van der Waals surface area (Å²) in [5.41, 5.74) is 3.39. The van der Waals surface area contributed by atoms with E-state index in [2.05, 4.69) is 0 Å². The molecule has 1 amide bonds. The van der Waals surface area contributed by atoms with Crippen LogP contribution < -0.4 is 9.21 Å². The van der Waals surface area contributed by atoms with Crippen molar-refractivity contribution in [1.29, 1.82) is 0 Å². The number of carbonyl (C=O) groups is 1. The lowest BCUT2D eigenvalue weighted by Gasteiger charge is -2.32. The van der Waals surface area contributed by atoms with Crippen LogP contribution >= 0.6 is 11.6 Å². The summed E-state index contributed by atoms with van der Waals surface area (Å²) >= 11 is 6.07. The van der Waals surface area contributed by atoms with E-state index in [9.17, 15) is 13.2 Å². The number of hydrogen-bond acceptors (Lipinski definition) is 3. The van der Waals surface area contributed by atoms with Gasteiger partial charge in [-0.2, -0.15) is 0 Å². The van der Waals surface area contributed by atoms with Crippen LogP contribution in [-0.4, -0.2) is 27.4 Å². The van der Waals surface area contributed by atoms with Gasteiger partial charge in [0, 0.05) is 30.7 Å². The van der Waals surface area contributed by atoms with Crippen LogP contribution in [0.3, 0.4) is 0 Å². The first-order chi connectivity index (χ1) is 12.9. The van der Waals surface area contributed by atoms with E-state index in [1.54, 1.807) is 35.2 Å². The number of sulfonamides is 1. The van der Waals surface area contributed by atoms with Gasteiger partial charge in [-0.05, 0) is 73.2 Å². The molecule has 0 spiro atoms. The van der Waals surface area contributed by atoms with Gasteiger partial charge < -0.3 is 4.90 Å². The highest BCUT2D eigenvalue weighted by Crippen LogP contribution is 2.35. The Balaban J connectivity index is 1.75. The van der Waals surface area contributed by atoms with Crippen LogP contribution in [0.1, 0.15) is 30.9 Å². The third-order valence-electron chi connectivity index (χ3n) is 5.26. The smallest absolute Gasteiger partial charge is 0.264 e. The molecular formula is C20H21ClN2O3S. The van der Waals surface area contributed by atoms with Crippen LogP contribution in [0.5, 0.6) is 0 Å². The number of rotatable bonds is 2. The molecule has 2 heterocycles. The summed E-state index contributed by atoms with van der Waals surface area (Å²) in [6.07, 6.45) is 3.19. The minimum absolute atomic E-state index is 0.0200. The van der Waals surface area contributed by atoms with Gasteiger partial charge in [-0.3, -0.25) is 9.10 Å². The highest BCUT2D eigenvalue weighted by molar-refractivity contribution is 7.92. The molecular weight excluding hydrogens is 384 g/mol. The van der Waals surface area contributed by atoms with Crippen molar-refractivity contribution in [3.8, 4) is 0 Å². The van der Waals surface area contributed by atoms with Gasteiger partial charge in [0.25, 0.3) is 10.0 Å². The van der Waals surface area contributed by atoms with Gasteiger partial charge in [0.2, 0.25) is 5.91 Å². The molecule has 0 fully saturated rings. The number of benzene rings is 2. The number of fused-ring (bicyclic) bond motifs is 2. The first kappa shape index (κ1) is 18.3. The van der Waals surface area contributed by atoms with Gasteiger partial charge in [0.15, 0.2) is 0 Å². The topological polar surface area (TPSA) is 57.7 Å². The zero-order chi connectivity index (χ0) is 19.2. The Morgan fingerprint density at radius 1 is 0.963 bits per heavy atom. The molecule has 2 aliphatic heterocycles. The second kappa shape index (κ2) is 6.84. The predicted octanol–water partition coefficient (Wildman–Crippen LogP) is 3.78. The number of aryl methyl sites for hydroxylation is 2. The van der Waals surface area contributed by atoms with Crippen molar-refractivity contribution in [3.05, 3.63) is 52.5 Å². The van der Waals surface area contributed by atoms with E-state index < -0.39 is 10.0 Å². The van der Waals surface area contributed by atoms with Crippen LogP contribution in [0.4, 0.5) is 11.4 Å². The molecule has 7 heteroatoms. The molecule has 0 saturated carbocycles. The molecule has 142 valence electrons. The van der Waals surface area contributed by atoms with Crippen molar-refractivity contribution in [1.82, 2.24) is 0 Å². The van der Waals surface area contributed by atoms with E-state index in [4.69, 9.17) is 11.6 Å². The fourth-order valence-corrected chi connectivity index (χ4v) is 5.76. The van der Waals surface area contributed by atoms with Crippen LogP contribution in [0.2, 0.25) is 5.02 Å². The van der Waals surface area contributed by atoms with Gasteiger partial charge in [-0.1, -0.05) is 11.6 Å². The molecule has 0 radical (unpaired) electrons. The molecule has 0 N–H and O–H groups in total. The normalized spacial score (nSPS) is 16.7. The van der Waals surface area contributed by atoms with Gasteiger partial charge >= 0.3 is 0 Å². The molecule has 0 saturated heterocycles. The Morgan fingerprint density at radius 2 is 1.63 bits per heavy atom. The predicted molar refractivity (Wildman–Crippen MR) is 107 cm³/mol. The largest absolute Gasteiger partial charge is 0.312 e. The zero-order valence-electron chi connectivity index (χ0n) is 15.1. The van der Waals surface area contributed by atoms with Crippen molar-refractivity contribution in [2.45, 2.75) is 37.5 Å². The highest BCUT2D eigenvalue weighted by atomic mass is 35.5. The lowest BCUT2D eigenvalue weighted by atomic mass is 10.0. The van der Waals surface area contributed by atoms with Crippen molar-refractivity contribution < 1.29 is 13.2 Å². The monoisotopic (exact) mass is 404 g/mol. The third-order valence-corrected chi connectivity index (χ3v) is 7.30. The van der Waals surface area contributed by atoms with Crippen molar-refractivity contribution in [2.24, 2.45) is 0 Å². The Bertz CT molecular complexity index is 1020. The van der Waals surface area contributed by atoms with Crippen molar-refractivity contribution >= 4 is 38.9 Å². The number of hydrogen-bond donors (Lipinski definition) is 0. The first-order valence-corrected chi connectivity index (χ1v) is 10.9. The molecule has 5 nitrogen and oxygen atoms in total.